The van der Waals surface area contributed by atoms with Gasteiger partial charge in [0, 0.05) is 11.1 Å². The minimum absolute atomic E-state index is 0.237. The Balaban J connectivity index is 1.47. The van der Waals surface area contributed by atoms with E-state index in [4.69, 9.17) is 0 Å². The largest absolute Gasteiger partial charge is 0.283 e. The highest BCUT2D eigenvalue weighted by atomic mass is 32.2. The molecule has 5 aromatic rings. The third-order valence-corrected chi connectivity index (χ3v) is 5.19. The molecule has 8 heteroatoms. The van der Waals surface area contributed by atoms with E-state index in [9.17, 15) is 4.39 Å². The molecule has 0 amide bonds. The Morgan fingerprint density at radius 3 is 2.81 bits per heavy atom. The number of halogens is 1. The molecule has 0 fully saturated rings. The number of aromatic amines is 1. The van der Waals surface area contributed by atoms with E-state index < -0.39 is 0 Å². The second-order valence-corrected chi connectivity index (χ2v) is 6.98. The van der Waals surface area contributed by atoms with Crippen LogP contribution in [0.15, 0.2) is 66.3 Å². The van der Waals surface area contributed by atoms with Gasteiger partial charge in [-0.1, -0.05) is 23.9 Å². The molecule has 0 radical (unpaired) electrons. The summed E-state index contributed by atoms with van der Waals surface area (Å²) in [6, 6.07) is 12.5. The molecule has 6 nitrogen and oxygen atoms in total. The van der Waals surface area contributed by atoms with Crippen LogP contribution in [0.3, 0.4) is 0 Å². The quantitative estimate of drug-likeness (QED) is 0.377. The van der Waals surface area contributed by atoms with E-state index >= 15 is 0 Å². The standard InChI is InChI=1S/C19H13FN6S/c20-14-4-1-12(2-5-14)10-27-19-21-9-17-18(24-19)26(11-22-17)15-6-3-13-8-23-25-16(13)7-15/h1-9,11H,10H2,(H,23,25). The Morgan fingerprint density at radius 2 is 1.93 bits per heavy atom. The number of thioether (sulfide) groups is 1. The van der Waals surface area contributed by atoms with Crippen LogP contribution in [-0.4, -0.2) is 29.7 Å². The van der Waals surface area contributed by atoms with E-state index in [-0.39, 0.29) is 5.82 Å². The number of fused-ring (bicyclic) bond motifs is 2. The summed E-state index contributed by atoms with van der Waals surface area (Å²) in [6.45, 7) is 0. The van der Waals surface area contributed by atoms with Gasteiger partial charge in [-0.3, -0.25) is 9.67 Å². The van der Waals surface area contributed by atoms with Gasteiger partial charge in [0.05, 0.1) is 23.6 Å². The highest BCUT2D eigenvalue weighted by molar-refractivity contribution is 7.98. The van der Waals surface area contributed by atoms with Crippen LogP contribution in [-0.2, 0) is 5.75 Å². The van der Waals surface area contributed by atoms with E-state index in [0.717, 1.165) is 33.3 Å². The fourth-order valence-electron chi connectivity index (χ4n) is 2.86. The average molecular weight is 376 g/mol. The molecular weight excluding hydrogens is 363 g/mol. The Kier molecular flexibility index (Phi) is 3.83. The summed E-state index contributed by atoms with van der Waals surface area (Å²) >= 11 is 1.50. The number of rotatable bonds is 4. The van der Waals surface area contributed by atoms with Crippen molar-refractivity contribution in [1.82, 2.24) is 29.7 Å². The van der Waals surface area contributed by atoms with Crippen LogP contribution in [0.25, 0.3) is 27.8 Å². The van der Waals surface area contributed by atoms with Crippen molar-refractivity contribution in [1.29, 1.82) is 0 Å². The molecule has 0 saturated heterocycles. The monoisotopic (exact) mass is 376 g/mol. The molecule has 27 heavy (non-hydrogen) atoms. The van der Waals surface area contributed by atoms with Gasteiger partial charge in [0.25, 0.3) is 0 Å². The Morgan fingerprint density at radius 1 is 1.04 bits per heavy atom. The normalized spacial score (nSPS) is 11.4. The van der Waals surface area contributed by atoms with Crippen LogP contribution in [0.1, 0.15) is 5.56 Å². The molecule has 0 aliphatic carbocycles. The molecule has 0 aliphatic rings. The zero-order valence-corrected chi connectivity index (χ0v) is 14.8. The highest BCUT2D eigenvalue weighted by Crippen LogP contribution is 2.24. The summed E-state index contributed by atoms with van der Waals surface area (Å²) in [5.74, 6) is 0.430. The van der Waals surface area contributed by atoms with Crippen LogP contribution in [0.4, 0.5) is 4.39 Å². The van der Waals surface area contributed by atoms with Crippen LogP contribution >= 0.6 is 11.8 Å². The predicted molar refractivity (Wildman–Crippen MR) is 102 cm³/mol. The van der Waals surface area contributed by atoms with Crippen LogP contribution in [0.5, 0.6) is 0 Å². The Hall–Kier alpha value is -3.26. The molecule has 0 spiro atoms. The van der Waals surface area contributed by atoms with Crippen molar-refractivity contribution in [2.75, 3.05) is 0 Å². The number of hydrogen-bond donors (Lipinski definition) is 1. The van der Waals surface area contributed by atoms with Gasteiger partial charge in [-0.05, 0) is 35.9 Å². The molecule has 3 aromatic heterocycles. The van der Waals surface area contributed by atoms with E-state index in [0.29, 0.717) is 10.9 Å². The number of nitrogens with zero attached hydrogens (tertiary/aromatic N) is 5. The number of hydrogen-bond acceptors (Lipinski definition) is 5. The summed E-state index contributed by atoms with van der Waals surface area (Å²) in [6.07, 6.45) is 5.25. The van der Waals surface area contributed by atoms with Crippen molar-refractivity contribution in [3.63, 3.8) is 0 Å². The molecule has 5 rings (SSSR count). The summed E-state index contributed by atoms with van der Waals surface area (Å²) < 4.78 is 15.0. The first-order chi connectivity index (χ1) is 13.3. The molecule has 132 valence electrons. The number of aromatic nitrogens is 6. The van der Waals surface area contributed by atoms with E-state index in [1.165, 1.54) is 23.9 Å². The fraction of sp³-hybridized carbons (Fsp3) is 0.0526. The Labute approximate surface area is 157 Å². The second kappa shape index (κ2) is 6.48. The lowest BCUT2D eigenvalue weighted by molar-refractivity contribution is 0.627. The fourth-order valence-corrected chi connectivity index (χ4v) is 3.62. The molecule has 0 bridgehead atoms. The van der Waals surface area contributed by atoms with Gasteiger partial charge in [-0.15, -0.1) is 0 Å². The van der Waals surface area contributed by atoms with Gasteiger partial charge in [-0.2, -0.15) is 5.10 Å². The number of H-pyrrole nitrogens is 1. The van der Waals surface area contributed by atoms with Gasteiger partial charge < -0.3 is 0 Å². The van der Waals surface area contributed by atoms with Crippen LogP contribution < -0.4 is 0 Å². The predicted octanol–water partition coefficient (Wildman–Crippen LogP) is 4.12. The summed E-state index contributed by atoms with van der Waals surface area (Å²) in [4.78, 5) is 13.4. The molecular formula is C19H13FN6S. The first-order valence-electron chi connectivity index (χ1n) is 8.27. The average Bonchev–Trinajstić information content (AvgIpc) is 3.33. The van der Waals surface area contributed by atoms with Gasteiger partial charge in [0.2, 0.25) is 0 Å². The van der Waals surface area contributed by atoms with Crippen molar-refractivity contribution in [3.8, 4) is 5.69 Å². The topological polar surface area (TPSA) is 72.3 Å². The van der Waals surface area contributed by atoms with Gasteiger partial charge in [0.1, 0.15) is 17.7 Å². The number of benzene rings is 2. The van der Waals surface area contributed by atoms with Crippen molar-refractivity contribution < 1.29 is 4.39 Å². The first kappa shape index (κ1) is 16.0. The maximum absolute atomic E-state index is 13.0. The third-order valence-electron chi connectivity index (χ3n) is 4.25. The van der Waals surface area contributed by atoms with Crippen LogP contribution in [0.2, 0.25) is 0 Å². The Bertz CT molecular complexity index is 1240. The second-order valence-electron chi connectivity index (χ2n) is 6.03. The highest BCUT2D eigenvalue weighted by Gasteiger charge is 2.10. The van der Waals surface area contributed by atoms with Crippen molar-refractivity contribution in [3.05, 3.63) is 72.6 Å². The summed E-state index contributed by atoms with van der Waals surface area (Å²) in [7, 11) is 0. The van der Waals surface area contributed by atoms with E-state index in [1.54, 1.807) is 30.9 Å². The number of nitrogens with one attached hydrogen (secondary N) is 1. The van der Waals surface area contributed by atoms with E-state index in [2.05, 4.69) is 25.1 Å². The number of imidazole rings is 1. The van der Waals surface area contributed by atoms with Gasteiger partial charge in [-0.25, -0.2) is 19.3 Å². The third kappa shape index (κ3) is 3.04. The van der Waals surface area contributed by atoms with Crippen LogP contribution in [0, 0.1) is 5.82 Å². The SMILES string of the molecule is Fc1ccc(CSc2ncc3ncn(-c4ccc5cn[nH]c5c4)c3n2)cc1. The lowest BCUT2D eigenvalue weighted by atomic mass is 10.2. The smallest absolute Gasteiger partial charge is 0.189 e. The molecule has 2 aromatic carbocycles. The molecule has 0 unspecified atom stereocenters. The minimum atomic E-state index is -0.237. The first-order valence-corrected chi connectivity index (χ1v) is 9.26. The molecule has 3 heterocycles. The maximum Gasteiger partial charge on any atom is 0.189 e. The molecule has 0 saturated carbocycles. The molecule has 0 atom stereocenters. The molecule has 0 aliphatic heterocycles. The zero-order chi connectivity index (χ0) is 18.2. The maximum atomic E-state index is 13.0. The van der Waals surface area contributed by atoms with Crippen molar-refractivity contribution in [2.45, 2.75) is 10.9 Å². The van der Waals surface area contributed by atoms with Gasteiger partial charge in [0.15, 0.2) is 10.8 Å². The lowest BCUT2D eigenvalue weighted by Crippen LogP contribution is -1.96. The summed E-state index contributed by atoms with van der Waals surface area (Å²) in [5, 5.41) is 8.73. The van der Waals surface area contributed by atoms with Gasteiger partial charge >= 0.3 is 0 Å². The molecule has 1 N–H and O–H groups in total. The lowest BCUT2D eigenvalue weighted by Gasteiger charge is -2.05. The van der Waals surface area contributed by atoms with E-state index in [1.807, 2.05) is 22.8 Å². The van der Waals surface area contributed by atoms with Crippen molar-refractivity contribution in [2.24, 2.45) is 0 Å². The zero-order valence-electron chi connectivity index (χ0n) is 14.0. The summed E-state index contributed by atoms with van der Waals surface area (Å²) in [5.41, 5.74) is 4.39. The van der Waals surface area contributed by atoms with Crippen molar-refractivity contribution >= 4 is 33.8 Å². The minimum Gasteiger partial charge on any atom is -0.283 e.